The molecule has 0 bridgehead atoms. The molecule has 22 heavy (non-hydrogen) atoms. The number of benzene rings is 1. The van der Waals surface area contributed by atoms with Crippen LogP contribution < -0.4 is 11.1 Å². The maximum absolute atomic E-state index is 11.4. The first kappa shape index (κ1) is 18.9. The molecule has 124 valence electrons. The van der Waals surface area contributed by atoms with Crippen LogP contribution in [0.4, 0.5) is 0 Å². The van der Waals surface area contributed by atoms with Crippen LogP contribution in [0.2, 0.25) is 0 Å². The molecule has 1 aromatic rings. The van der Waals surface area contributed by atoms with E-state index in [9.17, 15) is 4.79 Å². The Morgan fingerprint density at radius 1 is 1.32 bits per heavy atom. The number of hydrogen-bond acceptors (Lipinski definition) is 3. The molecule has 0 fully saturated rings. The summed E-state index contributed by atoms with van der Waals surface area (Å²) in [5, 5.41) is 2.90. The quantitative estimate of drug-likeness (QED) is 0.722. The number of amides is 1. The molecule has 5 heteroatoms. The van der Waals surface area contributed by atoms with Crippen molar-refractivity contribution < 1.29 is 9.53 Å². The molecule has 0 radical (unpaired) electrons. The van der Waals surface area contributed by atoms with Gasteiger partial charge in [-0.05, 0) is 49.8 Å². The number of nitrogens with one attached hydrogen (secondary N) is 1. The number of ether oxygens (including phenoxy) is 1. The van der Waals surface area contributed by atoms with E-state index in [1.165, 1.54) is 17.5 Å². The van der Waals surface area contributed by atoms with Crippen LogP contribution in [0.25, 0.3) is 0 Å². The fourth-order valence-electron chi connectivity index (χ4n) is 2.76. The number of carbonyl (C=O) groups is 1. The summed E-state index contributed by atoms with van der Waals surface area (Å²) in [5.74, 6) is 0.0865. The lowest BCUT2D eigenvalue weighted by Crippen LogP contribution is -2.26. The van der Waals surface area contributed by atoms with Gasteiger partial charge in [-0.2, -0.15) is 0 Å². The molecule has 0 aliphatic heterocycles. The van der Waals surface area contributed by atoms with E-state index in [1.807, 2.05) is 0 Å². The average molecular weight is 327 g/mol. The lowest BCUT2D eigenvalue weighted by atomic mass is 9.89. The smallest absolute Gasteiger partial charge is 0.220 e. The van der Waals surface area contributed by atoms with E-state index >= 15 is 0 Å². The van der Waals surface area contributed by atoms with Gasteiger partial charge in [0, 0.05) is 19.6 Å². The van der Waals surface area contributed by atoms with Gasteiger partial charge in [0.05, 0.1) is 6.10 Å². The molecule has 3 N–H and O–H groups in total. The Kier molecular flexibility index (Phi) is 9.13. The van der Waals surface area contributed by atoms with Gasteiger partial charge in [-0.25, -0.2) is 0 Å². The second kappa shape index (κ2) is 10.6. The molecule has 0 saturated heterocycles. The second-order valence-electron chi connectivity index (χ2n) is 5.55. The molecule has 0 saturated carbocycles. The van der Waals surface area contributed by atoms with Crippen LogP contribution in [0.3, 0.4) is 0 Å². The molecule has 1 amide bonds. The number of aryl methyl sites for hydroxylation is 1. The van der Waals surface area contributed by atoms with Crippen LogP contribution in [0.15, 0.2) is 24.3 Å². The number of fused-ring (bicyclic) bond motifs is 1. The van der Waals surface area contributed by atoms with Gasteiger partial charge in [0.2, 0.25) is 5.91 Å². The van der Waals surface area contributed by atoms with Crippen molar-refractivity contribution in [3.63, 3.8) is 0 Å². The maximum atomic E-state index is 11.4. The van der Waals surface area contributed by atoms with E-state index in [1.54, 1.807) is 0 Å². The topological polar surface area (TPSA) is 64.4 Å². The largest absolute Gasteiger partial charge is 0.373 e. The minimum Gasteiger partial charge on any atom is -0.373 e. The SMILES string of the molecule is Cl.NCCCC(=O)NCCCOC1CCCc2ccccc21. The summed E-state index contributed by atoms with van der Waals surface area (Å²) >= 11 is 0. The van der Waals surface area contributed by atoms with Crippen molar-refractivity contribution in [2.45, 2.75) is 44.6 Å². The molecule has 1 unspecified atom stereocenters. The van der Waals surface area contributed by atoms with E-state index in [2.05, 4.69) is 29.6 Å². The van der Waals surface area contributed by atoms with E-state index in [0.29, 0.717) is 26.1 Å². The van der Waals surface area contributed by atoms with Crippen molar-refractivity contribution in [3.8, 4) is 0 Å². The number of halogens is 1. The van der Waals surface area contributed by atoms with E-state index in [4.69, 9.17) is 10.5 Å². The van der Waals surface area contributed by atoms with Crippen LogP contribution in [0, 0.1) is 0 Å². The molecule has 0 spiro atoms. The van der Waals surface area contributed by atoms with Gasteiger partial charge >= 0.3 is 0 Å². The lowest BCUT2D eigenvalue weighted by Gasteiger charge is -2.25. The van der Waals surface area contributed by atoms with Gasteiger partial charge in [0.1, 0.15) is 0 Å². The van der Waals surface area contributed by atoms with Gasteiger partial charge in [-0.1, -0.05) is 24.3 Å². The summed E-state index contributed by atoms with van der Waals surface area (Å²) in [6.07, 6.45) is 5.80. The Balaban J connectivity index is 0.00000242. The highest BCUT2D eigenvalue weighted by atomic mass is 35.5. The van der Waals surface area contributed by atoms with Crippen LogP contribution >= 0.6 is 12.4 Å². The standard InChI is InChI=1S/C17H26N2O2.ClH/c18-11-4-10-17(20)19-12-5-13-21-16-9-3-7-14-6-1-2-8-15(14)16;/h1-2,6,8,16H,3-5,7,9-13,18H2,(H,19,20);1H. The third-order valence-electron chi connectivity index (χ3n) is 3.88. The third kappa shape index (κ3) is 5.95. The molecular weight excluding hydrogens is 300 g/mol. The molecule has 0 aromatic heterocycles. The molecule has 1 atom stereocenters. The molecular formula is C17H27ClN2O2. The molecule has 1 aliphatic carbocycles. The summed E-state index contributed by atoms with van der Waals surface area (Å²) in [6.45, 7) is 1.94. The lowest BCUT2D eigenvalue weighted by molar-refractivity contribution is -0.121. The Labute approximate surface area is 139 Å². The third-order valence-corrected chi connectivity index (χ3v) is 3.88. The minimum atomic E-state index is 0. The zero-order valence-corrected chi connectivity index (χ0v) is 13.9. The Morgan fingerprint density at radius 2 is 2.14 bits per heavy atom. The number of rotatable bonds is 8. The molecule has 0 heterocycles. The number of carbonyl (C=O) groups excluding carboxylic acids is 1. The first-order chi connectivity index (χ1) is 10.3. The average Bonchev–Trinajstić information content (AvgIpc) is 2.52. The summed E-state index contributed by atoms with van der Waals surface area (Å²) in [7, 11) is 0. The van der Waals surface area contributed by atoms with Gasteiger partial charge in [-0.15, -0.1) is 12.4 Å². The Bertz CT molecular complexity index is 454. The van der Waals surface area contributed by atoms with Crippen molar-refractivity contribution in [1.29, 1.82) is 0 Å². The predicted molar refractivity (Wildman–Crippen MR) is 91.2 cm³/mol. The van der Waals surface area contributed by atoms with E-state index in [0.717, 1.165) is 25.7 Å². The fourth-order valence-corrected chi connectivity index (χ4v) is 2.76. The van der Waals surface area contributed by atoms with Gasteiger partial charge in [-0.3, -0.25) is 4.79 Å². The summed E-state index contributed by atoms with van der Waals surface area (Å²) < 4.78 is 6.00. The van der Waals surface area contributed by atoms with Crippen molar-refractivity contribution in [2.24, 2.45) is 5.73 Å². The molecule has 1 aliphatic rings. The summed E-state index contributed by atoms with van der Waals surface area (Å²) in [6, 6.07) is 8.55. The highest BCUT2D eigenvalue weighted by Gasteiger charge is 2.19. The predicted octanol–water partition coefficient (Wildman–Crippen LogP) is 2.75. The van der Waals surface area contributed by atoms with Crippen LogP contribution in [0.5, 0.6) is 0 Å². The maximum Gasteiger partial charge on any atom is 0.220 e. The summed E-state index contributed by atoms with van der Waals surface area (Å²) in [5.41, 5.74) is 8.14. The second-order valence-corrected chi connectivity index (χ2v) is 5.55. The molecule has 4 nitrogen and oxygen atoms in total. The zero-order chi connectivity index (χ0) is 14.9. The van der Waals surface area contributed by atoms with Crippen molar-refractivity contribution in [1.82, 2.24) is 5.32 Å². The normalized spacial score (nSPS) is 16.5. The van der Waals surface area contributed by atoms with Crippen LogP contribution in [-0.4, -0.2) is 25.6 Å². The molecule has 2 rings (SSSR count). The minimum absolute atomic E-state index is 0. The first-order valence-corrected chi connectivity index (χ1v) is 7.97. The zero-order valence-electron chi connectivity index (χ0n) is 13.1. The van der Waals surface area contributed by atoms with E-state index < -0.39 is 0 Å². The highest BCUT2D eigenvalue weighted by molar-refractivity contribution is 5.85. The highest BCUT2D eigenvalue weighted by Crippen LogP contribution is 2.32. The van der Waals surface area contributed by atoms with Crippen molar-refractivity contribution in [2.75, 3.05) is 19.7 Å². The van der Waals surface area contributed by atoms with Crippen molar-refractivity contribution in [3.05, 3.63) is 35.4 Å². The van der Waals surface area contributed by atoms with Crippen LogP contribution in [-0.2, 0) is 16.0 Å². The first-order valence-electron chi connectivity index (χ1n) is 7.97. The van der Waals surface area contributed by atoms with Crippen LogP contribution in [0.1, 0.15) is 49.3 Å². The number of hydrogen-bond donors (Lipinski definition) is 2. The fraction of sp³-hybridized carbons (Fsp3) is 0.588. The van der Waals surface area contributed by atoms with Gasteiger partial charge < -0.3 is 15.8 Å². The van der Waals surface area contributed by atoms with Gasteiger partial charge in [0.15, 0.2) is 0 Å². The van der Waals surface area contributed by atoms with Crippen molar-refractivity contribution >= 4 is 18.3 Å². The molecule has 1 aromatic carbocycles. The van der Waals surface area contributed by atoms with Gasteiger partial charge in [0.25, 0.3) is 0 Å². The van der Waals surface area contributed by atoms with E-state index in [-0.39, 0.29) is 24.4 Å². The monoisotopic (exact) mass is 326 g/mol. The number of nitrogens with two attached hydrogens (primary N) is 1. The Hall–Kier alpha value is -1.10. The Morgan fingerprint density at radius 3 is 2.95 bits per heavy atom. The summed E-state index contributed by atoms with van der Waals surface area (Å²) in [4.78, 5) is 11.4.